The molecule has 1 fully saturated rings. The average Bonchev–Trinajstić information content (AvgIpc) is 2.90. The molecule has 1 aromatic rings. The van der Waals surface area contributed by atoms with Crippen LogP contribution in [0.4, 0.5) is 0 Å². The van der Waals surface area contributed by atoms with Gasteiger partial charge in [-0.2, -0.15) is 0 Å². The minimum Gasteiger partial charge on any atom is -0.390 e. The third-order valence-corrected chi connectivity index (χ3v) is 3.73. The molecule has 6 heteroatoms. The van der Waals surface area contributed by atoms with E-state index in [9.17, 15) is 9.90 Å². The molecule has 0 aromatic carbocycles. The molecular weight excluding hydrogens is 232 g/mol. The number of hydrogen-bond acceptors (Lipinski definition) is 4. The van der Waals surface area contributed by atoms with Gasteiger partial charge in [0, 0.05) is 25.7 Å². The Morgan fingerprint density at radius 2 is 2.17 bits per heavy atom. The molecule has 0 radical (unpaired) electrons. The summed E-state index contributed by atoms with van der Waals surface area (Å²) in [5.41, 5.74) is -0.567. The molecule has 0 spiro atoms. The number of piperidine rings is 1. The summed E-state index contributed by atoms with van der Waals surface area (Å²) < 4.78 is 1.66. The molecule has 1 amide bonds. The zero-order chi connectivity index (χ0) is 13.0. The van der Waals surface area contributed by atoms with Crippen molar-refractivity contribution in [1.29, 1.82) is 0 Å². The molecule has 0 unspecified atom stereocenters. The lowest BCUT2D eigenvalue weighted by Gasteiger charge is -2.37. The maximum absolute atomic E-state index is 12.0. The second-order valence-corrected chi connectivity index (χ2v) is 4.87. The van der Waals surface area contributed by atoms with Gasteiger partial charge in [-0.15, -0.1) is 5.10 Å². The first-order chi connectivity index (χ1) is 8.63. The summed E-state index contributed by atoms with van der Waals surface area (Å²) in [6, 6.07) is 0. The Morgan fingerprint density at radius 3 is 2.72 bits per heavy atom. The Kier molecular flexibility index (Phi) is 3.96. The molecule has 1 N–H and O–H groups in total. The van der Waals surface area contributed by atoms with Crippen LogP contribution in [0.5, 0.6) is 0 Å². The van der Waals surface area contributed by atoms with Crippen LogP contribution in [0.2, 0.25) is 0 Å². The van der Waals surface area contributed by atoms with Gasteiger partial charge in [0.15, 0.2) is 0 Å². The quantitative estimate of drug-likeness (QED) is 0.843. The summed E-state index contributed by atoms with van der Waals surface area (Å²) in [5.74, 6) is 0.128. The highest BCUT2D eigenvalue weighted by molar-refractivity contribution is 5.76. The van der Waals surface area contributed by atoms with Crippen LogP contribution in [0.15, 0.2) is 12.4 Å². The predicted octanol–water partition coefficient (Wildman–Crippen LogP) is 0.432. The SMILES string of the molecule is CCC1(O)CCN(C(=O)CCn2ccnn2)CC1. The predicted molar refractivity (Wildman–Crippen MR) is 65.7 cm³/mol. The van der Waals surface area contributed by atoms with Crippen molar-refractivity contribution in [2.24, 2.45) is 0 Å². The maximum Gasteiger partial charge on any atom is 0.224 e. The van der Waals surface area contributed by atoms with Gasteiger partial charge in [-0.05, 0) is 19.3 Å². The molecule has 0 saturated carbocycles. The van der Waals surface area contributed by atoms with Gasteiger partial charge in [0.1, 0.15) is 0 Å². The average molecular weight is 252 g/mol. The first-order valence-electron chi connectivity index (χ1n) is 6.47. The van der Waals surface area contributed by atoms with E-state index in [2.05, 4.69) is 10.3 Å². The molecule has 1 aromatic heterocycles. The van der Waals surface area contributed by atoms with Crippen molar-refractivity contribution >= 4 is 5.91 Å². The summed E-state index contributed by atoms with van der Waals surface area (Å²) in [6.07, 6.45) is 5.91. The van der Waals surface area contributed by atoms with E-state index in [1.54, 1.807) is 17.1 Å². The van der Waals surface area contributed by atoms with Crippen LogP contribution >= 0.6 is 0 Å². The highest BCUT2D eigenvalue weighted by Gasteiger charge is 2.31. The first-order valence-corrected chi connectivity index (χ1v) is 6.47. The van der Waals surface area contributed by atoms with Crippen molar-refractivity contribution in [2.75, 3.05) is 13.1 Å². The van der Waals surface area contributed by atoms with Gasteiger partial charge < -0.3 is 10.0 Å². The van der Waals surface area contributed by atoms with Crippen LogP contribution in [0.1, 0.15) is 32.6 Å². The number of aryl methyl sites for hydroxylation is 1. The number of aromatic nitrogens is 3. The summed E-state index contributed by atoms with van der Waals surface area (Å²) in [6.45, 7) is 3.86. The normalized spacial score (nSPS) is 18.9. The molecule has 0 bridgehead atoms. The largest absolute Gasteiger partial charge is 0.390 e. The maximum atomic E-state index is 12.0. The molecule has 1 aliphatic rings. The highest BCUT2D eigenvalue weighted by Crippen LogP contribution is 2.25. The number of carbonyl (C=O) groups is 1. The third kappa shape index (κ3) is 3.07. The molecule has 2 heterocycles. The van der Waals surface area contributed by atoms with Gasteiger partial charge in [0.2, 0.25) is 5.91 Å². The van der Waals surface area contributed by atoms with Crippen molar-refractivity contribution in [3.63, 3.8) is 0 Å². The molecule has 0 atom stereocenters. The monoisotopic (exact) mass is 252 g/mol. The Labute approximate surface area is 107 Å². The molecule has 18 heavy (non-hydrogen) atoms. The number of aliphatic hydroxyl groups is 1. The number of amides is 1. The topological polar surface area (TPSA) is 71.2 Å². The van der Waals surface area contributed by atoms with E-state index in [-0.39, 0.29) is 5.91 Å². The van der Waals surface area contributed by atoms with Crippen LogP contribution in [-0.2, 0) is 11.3 Å². The zero-order valence-corrected chi connectivity index (χ0v) is 10.7. The molecule has 0 aliphatic carbocycles. The van der Waals surface area contributed by atoms with Crippen molar-refractivity contribution in [1.82, 2.24) is 19.9 Å². The van der Waals surface area contributed by atoms with Crippen LogP contribution in [-0.4, -0.2) is 49.6 Å². The number of hydrogen-bond donors (Lipinski definition) is 1. The molecule has 1 aliphatic heterocycles. The lowest BCUT2D eigenvalue weighted by atomic mass is 9.89. The third-order valence-electron chi connectivity index (χ3n) is 3.73. The van der Waals surface area contributed by atoms with Gasteiger partial charge in [0.05, 0.1) is 18.3 Å². The summed E-state index contributed by atoms with van der Waals surface area (Å²) in [4.78, 5) is 13.8. The number of likely N-dealkylation sites (tertiary alicyclic amines) is 1. The number of rotatable bonds is 4. The second-order valence-electron chi connectivity index (χ2n) is 4.87. The molecule has 1 saturated heterocycles. The van der Waals surface area contributed by atoms with E-state index < -0.39 is 5.60 Å². The van der Waals surface area contributed by atoms with E-state index >= 15 is 0 Å². The van der Waals surface area contributed by atoms with Crippen molar-refractivity contribution < 1.29 is 9.90 Å². The van der Waals surface area contributed by atoms with E-state index in [0.717, 1.165) is 6.42 Å². The van der Waals surface area contributed by atoms with Crippen LogP contribution < -0.4 is 0 Å². The Bertz CT molecular complexity index is 383. The van der Waals surface area contributed by atoms with Gasteiger partial charge in [-0.25, -0.2) is 0 Å². The summed E-state index contributed by atoms with van der Waals surface area (Å²) in [7, 11) is 0. The minimum absolute atomic E-state index is 0.128. The van der Waals surface area contributed by atoms with E-state index in [4.69, 9.17) is 0 Å². The van der Waals surface area contributed by atoms with E-state index in [1.807, 2.05) is 11.8 Å². The standard InChI is InChI=1S/C12H20N4O2/c1-2-12(18)4-8-15(9-5-12)11(17)3-7-16-10-6-13-14-16/h6,10,18H,2-5,7-9H2,1H3. The molecule has 6 nitrogen and oxygen atoms in total. The fourth-order valence-corrected chi connectivity index (χ4v) is 2.25. The molecular formula is C12H20N4O2. The number of carbonyl (C=O) groups excluding carboxylic acids is 1. The number of nitrogens with zero attached hydrogens (tertiary/aromatic N) is 4. The Balaban J connectivity index is 1.77. The van der Waals surface area contributed by atoms with Crippen LogP contribution in [0.3, 0.4) is 0 Å². The van der Waals surface area contributed by atoms with E-state index in [1.165, 1.54) is 0 Å². The summed E-state index contributed by atoms with van der Waals surface area (Å²) >= 11 is 0. The van der Waals surface area contributed by atoms with Crippen molar-refractivity contribution in [3.8, 4) is 0 Å². The lowest BCUT2D eigenvalue weighted by molar-refractivity contribution is -0.135. The molecule has 2 rings (SSSR count). The molecule has 100 valence electrons. The van der Waals surface area contributed by atoms with Crippen molar-refractivity contribution in [3.05, 3.63) is 12.4 Å². The first kappa shape index (κ1) is 13.0. The fraction of sp³-hybridized carbons (Fsp3) is 0.750. The van der Waals surface area contributed by atoms with Gasteiger partial charge >= 0.3 is 0 Å². The second kappa shape index (κ2) is 5.48. The fourth-order valence-electron chi connectivity index (χ4n) is 2.25. The van der Waals surface area contributed by atoms with E-state index in [0.29, 0.717) is 38.9 Å². The highest BCUT2D eigenvalue weighted by atomic mass is 16.3. The Morgan fingerprint density at radius 1 is 1.44 bits per heavy atom. The summed E-state index contributed by atoms with van der Waals surface area (Å²) in [5, 5.41) is 17.6. The van der Waals surface area contributed by atoms with Gasteiger partial charge in [-0.3, -0.25) is 9.48 Å². The van der Waals surface area contributed by atoms with Crippen LogP contribution in [0, 0.1) is 0 Å². The zero-order valence-electron chi connectivity index (χ0n) is 10.7. The van der Waals surface area contributed by atoms with Crippen molar-refractivity contribution in [2.45, 2.75) is 44.8 Å². The van der Waals surface area contributed by atoms with Crippen LogP contribution in [0.25, 0.3) is 0 Å². The minimum atomic E-state index is -0.567. The van der Waals surface area contributed by atoms with Gasteiger partial charge in [0.25, 0.3) is 0 Å². The lowest BCUT2D eigenvalue weighted by Crippen LogP contribution is -2.46. The van der Waals surface area contributed by atoms with Gasteiger partial charge in [-0.1, -0.05) is 12.1 Å². The smallest absolute Gasteiger partial charge is 0.224 e. The Hall–Kier alpha value is -1.43.